The van der Waals surface area contributed by atoms with Crippen LogP contribution < -0.4 is 16.2 Å². The zero-order valence-electron chi connectivity index (χ0n) is 24.9. The van der Waals surface area contributed by atoms with Gasteiger partial charge in [-0.2, -0.15) is 0 Å². The zero-order valence-corrected chi connectivity index (χ0v) is 24.9. The summed E-state index contributed by atoms with van der Waals surface area (Å²) in [7, 11) is 5.19. The third-order valence-electron chi connectivity index (χ3n) is 7.44. The molecule has 0 unspecified atom stereocenters. The van der Waals surface area contributed by atoms with E-state index in [1.807, 2.05) is 43.8 Å². The molecule has 5 aromatic rings. The minimum Gasteiger partial charge on any atom is -0.352 e. The molecule has 5 rings (SSSR count). The van der Waals surface area contributed by atoms with Gasteiger partial charge in [0.15, 0.2) is 0 Å². The number of benzene rings is 2. The van der Waals surface area contributed by atoms with E-state index in [4.69, 9.17) is 0 Å². The number of nitrogens with one attached hydrogen (secondary N) is 2. The van der Waals surface area contributed by atoms with Crippen LogP contribution in [0.15, 0.2) is 90.4 Å². The predicted octanol–water partition coefficient (Wildman–Crippen LogP) is 4.98. The highest BCUT2D eigenvalue weighted by molar-refractivity contribution is 5.95. The van der Waals surface area contributed by atoms with Crippen LogP contribution in [-0.4, -0.2) is 57.1 Å². The van der Waals surface area contributed by atoms with E-state index in [9.17, 15) is 14.0 Å². The lowest BCUT2D eigenvalue weighted by molar-refractivity contribution is 0.0827. The van der Waals surface area contributed by atoms with Crippen molar-refractivity contribution in [3.63, 3.8) is 0 Å². The Kier molecular flexibility index (Phi) is 8.22. The van der Waals surface area contributed by atoms with Crippen LogP contribution in [0.3, 0.4) is 0 Å². The summed E-state index contributed by atoms with van der Waals surface area (Å²) in [5.41, 5.74) is 5.00. The number of hydrogen-bond acceptors (Lipinski definition) is 6. The van der Waals surface area contributed by atoms with Gasteiger partial charge in [0, 0.05) is 54.7 Å². The lowest BCUT2D eigenvalue weighted by Gasteiger charge is -2.19. The van der Waals surface area contributed by atoms with E-state index in [1.165, 1.54) is 23.2 Å². The highest BCUT2D eigenvalue weighted by Gasteiger charge is 2.17. The fourth-order valence-corrected chi connectivity index (χ4v) is 4.92. The molecule has 0 saturated carbocycles. The highest BCUT2D eigenvalue weighted by Crippen LogP contribution is 2.26. The quantitative estimate of drug-likeness (QED) is 0.256. The average molecular weight is 580 g/mol. The number of aryl methyl sites for hydroxylation is 1. The highest BCUT2D eigenvalue weighted by atomic mass is 19.1. The van der Waals surface area contributed by atoms with E-state index in [0.717, 1.165) is 27.7 Å². The van der Waals surface area contributed by atoms with Crippen molar-refractivity contribution in [1.82, 2.24) is 29.3 Å². The molecule has 10 heteroatoms. The Labute approximate surface area is 249 Å². The van der Waals surface area contributed by atoms with Crippen molar-refractivity contribution in [3.8, 4) is 17.1 Å². The van der Waals surface area contributed by atoms with Crippen LogP contribution in [0.1, 0.15) is 28.4 Å². The van der Waals surface area contributed by atoms with Gasteiger partial charge in [-0.05, 0) is 68.4 Å². The molecule has 1 atom stereocenters. The van der Waals surface area contributed by atoms with Crippen LogP contribution in [0.2, 0.25) is 0 Å². The number of amides is 1. The van der Waals surface area contributed by atoms with E-state index >= 15 is 0 Å². The lowest BCUT2D eigenvalue weighted by Crippen LogP contribution is -2.31. The summed E-state index contributed by atoms with van der Waals surface area (Å²) in [6.07, 6.45) is 6.86. The number of carbonyl (C=O) groups is 1. The Hall–Kier alpha value is -5.09. The lowest BCUT2D eigenvalue weighted by atomic mass is 10.1. The Bertz CT molecular complexity index is 1910. The number of rotatable bonds is 9. The third kappa shape index (κ3) is 5.96. The number of carbonyl (C=O) groups excluding carboxylic acids is 1. The topological polar surface area (TPSA) is 97.1 Å². The number of anilines is 1. The first-order valence-electron chi connectivity index (χ1n) is 13.8. The largest absolute Gasteiger partial charge is 0.352 e. The van der Waals surface area contributed by atoms with Crippen molar-refractivity contribution in [1.29, 1.82) is 0 Å². The maximum absolute atomic E-state index is 14.0. The number of fused-ring (bicyclic) bond motifs is 1. The van der Waals surface area contributed by atoms with Gasteiger partial charge in [-0.1, -0.05) is 18.7 Å². The molecule has 2 N–H and O–H groups in total. The van der Waals surface area contributed by atoms with Crippen molar-refractivity contribution < 1.29 is 9.18 Å². The van der Waals surface area contributed by atoms with Crippen LogP contribution in [0, 0.1) is 12.7 Å². The van der Waals surface area contributed by atoms with E-state index in [0.29, 0.717) is 22.6 Å². The molecule has 220 valence electrons. The Morgan fingerprint density at radius 2 is 1.91 bits per heavy atom. The number of aromatic nitrogens is 4. The molecule has 3 heterocycles. The summed E-state index contributed by atoms with van der Waals surface area (Å²) >= 11 is 0. The third-order valence-corrected chi connectivity index (χ3v) is 7.44. The molecule has 0 radical (unpaired) electrons. The number of halogens is 1. The second kappa shape index (κ2) is 12.0. The first-order chi connectivity index (χ1) is 20.6. The fraction of sp³-hybridized carbons (Fsp3) is 0.212. The van der Waals surface area contributed by atoms with Crippen molar-refractivity contribution in [2.45, 2.75) is 26.4 Å². The first kappa shape index (κ1) is 29.4. The maximum atomic E-state index is 14.0. The van der Waals surface area contributed by atoms with Gasteiger partial charge in [0.05, 0.1) is 30.1 Å². The summed E-state index contributed by atoms with van der Waals surface area (Å²) in [5.74, 6) is -0.0481. The van der Waals surface area contributed by atoms with Crippen LogP contribution in [0.25, 0.3) is 28.0 Å². The smallest absolute Gasteiger partial charge is 0.277 e. The number of likely N-dealkylation sites (N-methyl/N-ethyl adjacent to an activating group) is 1. The molecule has 0 aliphatic rings. The molecule has 0 spiro atoms. The molecular formula is C33H34FN7O2. The van der Waals surface area contributed by atoms with Gasteiger partial charge in [-0.25, -0.2) is 9.37 Å². The van der Waals surface area contributed by atoms with Crippen LogP contribution in [0.4, 0.5) is 10.1 Å². The molecule has 1 amide bonds. The SMILES string of the molecule is C=C(Nc1cnc(-c2cccc(C(=O)N(C)C)c2)n(Cc2cncc(-n3cc(C)c4cc(F)ccc43)c2)c1=O)[C@H](C)NC. The van der Waals surface area contributed by atoms with Gasteiger partial charge in [0.25, 0.3) is 11.5 Å². The molecule has 9 nitrogen and oxygen atoms in total. The van der Waals surface area contributed by atoms with Crippen molar-refractivity contribution in [2.75, 3.05) is 26.5 Å². The molecule has 3 aromatic heterocycles. The summed E-state index contributed by atoms with van der Waals surface area (Å²) in [6.45, 7) is 8.08. The maximum Gasteiger partial charge on any atom is 0.277 e. The normalized spacial score (nSPS) is 11.9. The summed E-state index contributed by atoms with van der Waals surface area (Å²) in [6, 6.07) is 13.6. The van der Waals surface area contributed by atoms with Gasteiger partial charge in [-0.15, -0.1) is 0 Å². The summed E-state index contributed by atoms with van der Waals surface area (Å²) in [4.78, 5) is 37.3. The average Bonchev–Trinajstić information content (AvgIpc) is 3.33. The van der Waals surface area contributed by atoms with Gasteiger partial charge in [-0.3, -0.25) is 19.1 Å². The molecule has 0 aliphatic heterocycles. The van der Waals surface area contributed by atoms with Gasteiger partial charge in [0.1, 0.15) is 17.3 Å². The van der Waals surface area contributed by atoms with Gasteiger partial charge in [0.2, 0.25) is 0 Å². The standard InChI is InChI=1S/C33H34FN7O2/c1-20-18-40(30-11-10-26(34)14-28(20)30)27-12-23(15-36-16-27)19-41-31(24-8-7-9-25(13-24)32(42)39(5)6)37-17-29(33(41)43)38-22(3)21(2)35-4/h7-18,21,35,38H,3,19H2,1-2,4-6H3/t21-/m0/s1. The molecule has 0 bridgehead atoms. The molecule has 0 fully saturated rings. The minimum atomic E-state index is -0.304. The van der Waals surface area contributed by atoms with Crippen LogP contribution in [-0.2, 0) is 6.54 Å². The molecular weight excluding hydrogens is 545 g/mol. The van der Waals surface area contributed by atoms with E-state index < -0.39 is 0 Å². The van der Waals surface area contributed by atoms with E-state index in [-0.39, 0.29) is 35.6 Å². The van der Waals surface area contributed by atoms with Gasteiger partial charge >= 0.3 is 0 Å². The van der Waals surface area contributed by atoms with Crippen molar-refractivity contribution in [3.05, 3.63) is 118 Å². The minimum absolute atomic E-state index is 0.0875. The molecule has 0 saturated heterocycles. The zero-order chi connectivity index (χ0) is 30.8. The predicted molar refractivity (Wildman–Crippen MR) is 168 cm³/mol. The number of hydrogen-bond donors (Lipinski definition) is 2. The summed E-state index contributed by atoms with van der Waals surface area (Å²) < 4.78 is 17.5. The molecule has 0 aliphatic carbocycles. The first-order valence-corrected chi connectivity index (χ1v) is 13.8. The van der Waals surface area contributed by atoms with Crippen molar-refractivity contribution in [2.24, 2.45) is 0 Å². The Balaban J connectivity index is 1.61. The van der Waals surface area contributed by atoms with Crippen molar-refractivity contribution >= 4 is 22.5 Å². The van der Waals surface area contributed by atoms with E-state index in [1.54, 1.807) is 55.3 Å². The van der Waals surface area contributed by atoms with Gasteiger partial charge < -0.3 is 20.1 Å². The molecule has 2 aromatic carbocycles. The number of pyridine rings is 1. The number of nitrogens with zero attached hydrogens (tertiary/aromatic N) is 5. The summed E-state index contributed by atoms with van der Waals surface area (Å²) in [5, 5.41) is 7.03. The second-order valence-corrected chi connectivity index (χ2v) is 10.7. The van der Waals surface area contributed by atoms with Crippen LogP contribution in [0.5, 0.6) is 0 Å². The Morgan fingerprint density at radius 3 is 2.65 bits per heavy atom. The second-order valence-electron chi connectivity index (χ2n) is 10.7. The monoisotopic (exact) mass is 579 g/mol. The van der Waals surface area contributed by atoms with Crippen LogP contribution >= 0.6 is 0 Å². The molecule has 43 heavy (non-hydrogen) atoms. The fourth-order valence-electron chi connectivity index (χ4n) is 4.92. The Morgan fingerprint density at radius 1 is 1.12 bits per heavy atom. The van der Waals surface area contributed by atoms with E-state index in [2.05, 4.69) is 27.2 Å².